The summed E-state index contributed by atoms with van der Waals surface area (Å²) in [5.41, 5.74) is 0.269. The first-order valence-electron chi connectivity index (χ1n) is 5.63. The number of carbonyl (C=O) groups excluding carboxylic acids is 2. The lowest BCUT2D eigenvalue weighted by Gasteiger charge is -2.11. The highest BCUT2D eigenvalue weighted by Crippen LogP contribution is 2.35. The third-order valence-electron chi connectivity index (χ3n) is 2.56. The van der Waals surface area contributed by atoms with E-state index in [2.05, 4.69) is 6.58 Å². The molecule has 0 saturated carbocycles. The fraction of sp³-hybridized carbons (Fsp3) is 0.0667. The fourth-order valence-electron chi connectivity index (χ4n) is 1.65. The molecule has 0 aliphatic carbocycles. The van der Waals surface area contributed by atoms with Gasteiger partial charge in [-0.05, 0) is 18.4 Å². The lowest BCUT2D eigenvalue weighted by atomic mass is 10.1. The normalized spacial score (nSPS) is 9.95. The van der Waals surface area contributed by atoms with Crippen LogP contribution in [0.1, 0.15) is 6.92 Å². The zero-order valence-electron chi connectivity index (χ0n) is 10.4. The maximum atomic E-state index is 11.6. The van der Waals surface area contributed by atoms with Crippen molar-refractivity contribution in [1.29, 1.82) is 0 Å². The summed E-state index contributed by atoms with van der Waals surface area (Å²) in [5, 5.41) is 1.57. The second-order valence-electron chi connectivity index (χ2n) is 4.00. The molecule has 96 valence electrons. The van der Waals surface area contributed by atoms with E-state index in [-0.39, 0.29) is 17.1 Å². The minimum atomic E-state index is -0.563. The van der Waals surface area contributed by atoms with Crippen molar-refractivity contribution >= 4 is 23.2 Å². The van der Waals surface area contributed by atoms with Gasteiger partial charge in [-0.1, -0.05) is 36.9 Å². The molecule has 0 aromatic heterocycles. The van der Waals surface area contributed by atoms with Gasteiger partial charge in [0.15, 0.2) is 11.5 Å². The van der Waals surface area contributed by atoms with Crippen molar-refractivity contribution in [2.24, 2.45) is 0 Å². The summed E-state index contributed by atoms with van der Waals surface area (Å²) in [6, 6.07) is 10.7. The molecule has 2 aromatic carbocycles. The number of esters is 1. The molecule has 19 heavy (non-hydrogen) atoms. The molecule has 0 saturated heterocycles. The van der Waals surface area contributed by atoms with E-state index in [0.29, 0.717) is 11.9 Å². The monoisotopic (exact) mass is 256 g/mol. The molecule has 0 amide bonds. The smallest absolute Gasteiger partial charge is 0.338 e. The van der Waals surface area contributed by atoms with Crippen LogP contribution in [0.25, 0.3) is 10.8 Å². The summed E-state index contributed by atoms with van der Waals surface area (Å²) in [6.07, 6.45) is 0. The summed E-state index contributed by atoms with van der Waals surface area (Å²) in [5.74, 6) is -0.145. The molecule has 0 heterocycles. The zero-order valence-corrected chi connectivity index (χ0v) is 10.4. The minimum Gasteiger partial charge on any atom is -0.425 e. The third-order valence-corrected chi connectivity index (χ3v) is 2.56. The van der Waals surface area contributed by atoms with Gasteiger partial charge in [-0.3, -0.25) is 4.79 Å². The largest absolute Gasteiger partial charge is 0.425 e. The number of carbonyl (C=O) groups is 2. The second-order valence-corrected chi connectivity index (χ2v) is 4.00. The molecule has 0 N–H and O–H groups in total. The summed E-state index contributed by atoms with van der Waals surface area (Å²) >= 11 is 0. The van der Waals surface area contributed by atoms with Crippen LogP contribution in [0.3, 0.4) is 0 Å². The average Bonchev–Trinajstić information content (AvgIpc) is 2.41. The van der Waals surface area contributed by atoms with Crippen LogP contribution in [0.2, 0.25) is 0 Å². The first kappa shape index (κ1) is 12.8. The Morgan fingerprint density at radius 2 is 1.95 bits per heavy atom. The van der Waals surface area contributed by atoms with Crippen LogP contribution in [0.4, 0.5) is 0 Å². The Bertz CT molecular complexity index is 658. The van der Waals surface area contributed by atoms with Crippen molar-refractivity contribution in [1.82, 2.24) is 0 Å². The maximum absolute atomic E-state index is 11.6. The third kappa shape index (κ3) is 2.63. The van der Waals surface area contributed by atoms with Crippen LogP contribution in [-0.2, 0) is 9.59 Å². The van der Waals surface area contributed by atoms with Gasteiger partial charge in [-0.2, -0.15) is 0 Å². The van der Waals surface area contributed by atoms with E-state index < -0.39 is 5.97 Å². The molecule has 4 heteroatoms. The van der Waals surface area contributed by atoms with Crippen molar-refractivity contribution in [3.63, 3.8) is 0 Å². The SMILES string of the molecule is C=C(C)C(=O)Oc1c(OC=O)ccc2ccccc12. The summed E-state index contributed by atoms with van der Waals surface area (Å²) < 4.78 is 10.1. The number of ether oxygens (including phenoxy) is 2. The van der Waals surface area contributed by atoms with Gasteiger partial charge in [0, 0.05) is 11.0 Å². The van der Waals surface area contributed by atoms with Crippen molar-refractivity contribution in [2.45, 2.75) is 6.92 Å². The Hall–Kier alpha value is -2.62. The van der Waals surface area contributed by atoms with Crippen LogP contribution in [0.15, 0.2) is 48.6 Å². The van der Waals surface area contributed by atoms with Crippen LogP contribution in [-0.4, -0.2) is 12.4 Å². The lowest BCUT2D eigenvalue weighted by molar-refractivity contribution is -0.130. The number of hydrogen-bond donors (Lipinski definition) is 0. The Labute approximate surface area is 110 Å². The van der Waals surface area contributed by atoms with Crippen molar-refractivity contribution in [3.8, 4) is 11.5 Å². The Kier molecular flexibility index (Phi) is 3.61. The number of rotatable bonds is 4. The Balaban J connectivity index is 2.58. The summed E-state index contributed by atoms with van der Waals surface area (Å²) in [4.78, 5) is 22.1. The zero-order chi connectivity index (χ0) is 13.8. The van der Waals surface area contributed by atoms with Gasteiger partial charge < -0.3 is 9.47 Å². The molecule has 0 bridgehead atoms. The lowest BCUT2D eigenvalue weighted by Crippen LogP contribution is -2.09. The fourth-order valence-corrected chi connectivity index (χ4v) is 1.65. The number of benzene rings is 2. The van der Waals surface area contributed by atoms with Gasteiger partial charge in [0.25, 0.3) is 6.47 Å². The first-order valence-corrected chi connectivity index (χ1v) is 5.63. The van der Waals surface area contributed by atoms with E-state index >= 15 is 0 Å². The van der Waals surface area contributed by atoms with E-state index in [1.54, 1.807) is 25.1 Å². The van der Waals surface area contributed by atoms with Crippen LogP contribution >= 0.6 is 0 Å². The van der Waals surface area contributed by atoms with Gasteiger partial charge >= 0.3 is 5.97 Å². The molecular weight excluding hydrogens is 244 g/mol. The maximum Gasteiger partial charge on any atom is 0.338 e. The molecule has 0 aliphatic heterocycles. The van der Waals surface area contributed by atoms with Gasteiger partial charge in [0.2, 0.25) is 0 Å². The van der Waals surface area contributed by atoms with E-state index in [0.717, 1.165) is 5.39 Å². The molecule has 4 nitrogen and oxygen atoms in total. The predicted octanol–water partition coefficient (Wildman–Crippen LogP) is 2.86. The molecule has 0 unspecified atom stereocenters. The van der Waals surface area contributed by atoms with E-state index in [1.165, 1.54) is 0 Å². The van der Waals surface area contributed by atoms with Gasteiger partial charge in [-0.25, -0.2) is 4.79 Å². The van der Waals surface area contributed by atoms with Crippen molar-refractivity contribution < 1.29 is 19.1 Å². The van der Waals surface area contributed by atoms with E-state index in [1.807, 2.05) is 18.2 Å². The van der Waals surface area contributed by atoms with Crippen LogP contribution in [0.5, 0.6) is 11.5 Å². The van der Waals surface area contributed by atoms with Gasteiger partial charge in [0.05, 0.1) is 0 Å². The minimum absolute atomic E-state index is 0.198. The highest BCUT2D eigenvalue weighted by atomic mass is 16.6. The summed E-state index contributed by atoms with van der Waals surface area (Å²) in [7, 11) is 0. The highest BCUT2D eigenvalue weighted by molar-refractivity contribution is 5.96. The highest BCUT2D eigenvalue weighted by Gasteiger charge is 2.14. The second kappa shape index (κ2) is 5.35. The van der Waals surface area contributed by atoms with Gasteiger partial charge in [-0.15, -0.1) is 0 Å². The molecule has 2 rings (SSSR count). The molecular formula is C15H12O4. The molecule has 2 aromatic rings. The molecule has 0 fully saturated rings. The summed E-state index contributed by atoms with van der Waals surface area (Å²) in [6.45, 7) is 5.37. The van der Waals surface area contributed by atoms with E-state index in [9.17, 15) is 9.59 Å². The van der Waals surface area contributed by atoms with Gasteiger partial charge in [0.1, 0.15) is 0 Å². The topological polar surface area (TPSA) is 52.6 Å². The van der Waals surface area contributed by atoms with Crippen LogP contribution in [0, 0.1) is 0 Å². The molecule has 0 radical (unpaired) electrons. The number of fused-ring (bicyclic) bond motifs is 1. The number of hydrogen-bond acceptors (Lipinski definition) is 4. The molecule has 0 aliphatic rings. The van der Waals surface area contributed by atoms with E-state index in [4.69, 9.17) is 9.47 Å². The van der Waals surface area contributed by atoms with Crippen molar-refractivity contribution in [3.05, 3.63) is 48.6 Å². The van der Waals surface area contributed by atoms with Crippen molar-refractivity contribution in [2.75, 3.05) is 0 Å². The quantitative estimate of drug-likeness (QED) is 0.365. The molecule has 0 spiro atoms. The van der Waals surface area contributed by atoms with Crippen LogP contribution < -0.4 is 9.47 Å². The molecule has 0 atom stereocenters. The Morgan fingerprint density at radius 1 is 1.21 bits per heavy atom. The average molecular weight is 256 g/mol. The first-order chi connectivity index (χ1) is 9.13. The predicted molar refractivity (Wildman–Crippen MR) is 71.1 cm³/mol. The standard InChI is InChI=1S/C15H12O4/c1-10(2)15(17)19-14-12-6-4-3-5-11(12)7-8-13(14)18-9-16/h3-9H,1H2,2H3. The Morgan fingerprint density at radius 3 is 2.63 bits per heavy atom.